The van der Waals surface area contributed by atoms with E-state index in [2.05, 4.69) is 0 Å². The van der Waals surface area contributed by atoms with E-state index in [0.717, 1.165) is 22.4 Å². The predicted molar refractivity (Wildman–Crippen MR) is 82.1 cm³/mol. The van der Waals surface area contributed by atoms with Crippen LogP contribution in [0.4, 0.5) is 0 Å². The molecule has 20 heavy (non-hydrogen) atoms. The molecule has 2 nitrogen and oxygen atoms in total. The highest BCUT2D eigenvalue weighted by Gasteiger charge is 2.30. The van der Waals surface area contributed by atoms with E-state index in [9.17, 15) is 5.11 Å². The highest BCUT2D eigenvalue weighted by Crippen LogP contribution is 2.36. The van der Waals surface area contributed by atoms with Crippen LogP contribution in [0.1, 0.15) is 37.5 Å². The Balaban J connectivity index is 2.52. The van der Waals surface area contributed by atoms with Crippen molar-refractivity contribution < 1.29 is 9.84 Å². The first-order valence-corrected chi connectivity index (χ1v) is 6.97. The second-order valence-corrected chi connectivity index (χ2v) is 5.55. The number of rotatable bonds is 4. The average Bonchev–Trinajstić information content (AvgIpc) is 2.38. The van der Waals surface area contributed by atoms with Gasteiger partial charge in [-0.3, -0.25) is 0 Å². The number of hydrogen-bond acceptors (Lipinski definition) is 2. The Kier molecular flexibility index (Phi) is 4.15. The molecule has 0 aliphatic carbocycles. The van der Waals surface area contributed by atoms with Crippen LogP contribution in [-0.4, -0.2) is 11.2 Å². The van der Waals surface area contributed by atoms with E-state index in [-0.39, 0.29) is 6.10 Å². The van der Waals surface area contributed by atoms with E-state index in [1.54, 1.807) is 0 Å². The summed E-state index contributed by atoms with van der Waals surface area (Å²) in [6, 6.07) is 15.6. The monoisotopic (exact) mass is 270 g/mol. The smallest absolute Gasteiger partial charge is 0.126 e. The van der Waals surface area contributed by atoms with Crippen molar-refractivity contribution in [1.82, 2.24) is 0 Å². The molecule has 0 radical (unpaired) electrons. The fourth-order valence-corrected chi connectivity index (χ4v) is 2.49. The van der Waals surface area contributed by atoms with Gasteiger partial charge in [0, 0.05) is 5.56 Å². The molecule has 1 unspecified atom stereocenters. The number of para-hydroxylation sites is 1. The van der Waals surface area contributed by atoms with E-state index in [0.29, 0.717) is 0 Å². The zero-order valence-corrected chi connectivity index (χ0v) is 12.6. The molecular formula is C18H22O2. The summed E-state index contributed by atoms with van der Waals surface area (Å²) in [6.45, 7) is 7.80. The van der Waals surface area contributed by atoms with Gasteiger partial charge in [-0.05, 0) is 44.9 Å². The van der Waals surface area contributed by atoms with Crippen LogP contribution in [0.15, 0.2) is 48.5 Å². The van der Waals surface area contributed by atoms with Gasteiger partial charge in [-0.1, -0.05) is 42.5 Å². The summed E-state index contributed by atoms with van der Waals surface area (Å²) >= 11 is 0. The number of aryl methyl sites for hydroxylation is 1. The minimum atomic E-state index is -1.07. The Morgan fingerprint density at radius 1 is 0.950 bits per heavy atom. The molecule has 106 valence electrons. The first-order valence-electron chi connectivity index (χ1n) is 6.97. The molecule has 1 N–H and O–H groups in total. The lowest BCUT2D eigenvalue weighted by Crippen LogP contribution is -2.25. The summed E-state index contributed by atoms with van der Waals surface area (Å²) in [5, 5.41) is 11.1. The van der Waals surface area contributed by atoms with Crippen molar-refractivity contribution in [2.75, 3.05) is 0 Å². The summed E-state index contributed by atoms with van der Waals surface area (Å²) in [5.74, 6) is 0.732. The summed E-state index contributed by atoms with van der Waals surface area (Å²) in [4.78, 5) is 0. The average molecular weight is 270 g/mol. The van der Waals surface area contributed by atoms with Gasteiger partial charge < -0.3 is 9.84 Å². The first-order chi connectivity index (χ1) is 9.43. The topological polar surface area (TPSA) is 29.5 Å². The largest absolute Gasteiger partial charge is 0.491 e. The molecule has 0 aliphatic heterocycles. The number of hydrogen-bond donors (Lipinski definition) is 1. The SMILES string of the molecule is Cc1ccccc1C(C)(O)c1ccccc1OC(C)C. The third-order valence-corrected chi connectivity index (χ3v) is 3.44. The summed E-state index contributed by atoms with van der Waals surface area (Å²) < 4.78 is 5.83. The molecular weight excluding hydrogens is 248 g/mol. The van der Waals surface area contributed by atoms with E-state index in [1.807, 2.05) is 76.2 Å². The Hall–Kier alpha value is -1.80. The molecule has 2 aromatic carbocycles. The molecule has 2 aromatic rings. The Bertz CT molecular complexity index is 585. The maximum atomic E-state index is 11.1. The number of benzene rings is 2. The van der Waals surface area contributed by atoms with Gasteiger partial charge >= 0.3 is 0 Å². The van der Waals surface area contributed by atoms with Crippen molar-refractivity contribution in [2.24, 2.45) is 0 Å². The van der Waals surface area contributed by atoms with Crippen LogP contribution in [0.2, 0.25) is 0 Å². The van der Waals surface area contributed by atoms with Crippen molar-refractivity contribution in [3.8, 4) is 5.75 Å². The molecule has 0 fully saturated rings. The molecule has 0 aliphatic rings. The molecule has 0 saturated carbocycles. The van der Waals surface area contributed by atoms with Crippen molar-refractivity contribution in [3.63, 3.8) is 0 Å². The zero-order valence-electron chi connectivity index (χ0n) is 12.6. The minimum Gasteiger partial charge on any atom is -0.491 e. The summed E-state index contributed by atoms with van der Waals surface area (Å²) in [5.41, 5.74) is 1.69. The van der Waals surface area contributed by atoms with E-state index >= 15 is 0 Å². The van der Waals surface area contributed by atoms with Crippen molar-refractivity contribution in [2.45, 2.75) is 39.4 Å². The van der Waals surface area contributed by atoms with Gasteiger partial charge in [-0.2, -0.15) is 0 Å². The molecule has 0 spiro atoms. The van der Waals surface area contributed by atoms with Gasteiger partial charge in [0.2, 0.25) is 0 Å². The third-order valence-electron chi connectivity index (χ3n) is 3.44. The fraction of sp³-hybridized carbons (Fsp3) is 0.333. The molecule has 1 atom stereocenters. The van der Waals surface area contributed by atoms with Gasteiger partial charge in [-0.25, -0.2) is 0 Å². The Morgan fingerprint density at radius 2 is 1.50 bits per heavy atom. The Labute approximate surface area is 121 Å². The number of ether oxygens (including phenoxy) is 1. The molecule has 0 heterocycles. The minimum absolute atomic E-state index is 0.0730. The van der Waals surface area contributed by atoms with Crippen molar-refractivity contribution >= 4 is 0 Å². The van der Waals surface area contributed by atoms with Gasteiger partial charge in [0.25, 0.3) is 0 Å². The van der Waals surface area contributed by atoms with E-state index in [1.165, 1.54) is 0 Å². The maximum Gasteiger partial charge on any atom is 0.126 e. The second-order valence-electron chi connectivity index (χ2n) is 5.55. The fourth-order valence-electron chi connectivity index (χ4n) is 2.49. The third kappa shape index (κ3) is 2.86. The standard InChI is InChI=1S/C18H22O2/c1-13(2)20-17-12-8-7-11-16(17)18(4,19)15-10-6-5-9-14(15)3/h5-13,19H,1-4H3. The van der Waals surface area contributed by atoms with Crippen molar-refractivity contribution in [1.29, 1.82) is 0 Å². The second kappa shape index (κ2) is 5.68. The summed E-state index contributed by atoms with van der Waals surface area (Å²) in [7, 11) is 0. The first kappa shape index (κ1) is 14.6. The van der Waals surface area contributed by atoms with Crippen LogP contribution in [0.25, 0.3) is 0 Å². The highest BCUT2D eigenvalue weighted by molar-refractivity contribution is 5.46. The quantitative estimate of drug-likeness (QED) is 0.908. The molecule has 2 rings (SSSR count). The molecule has 2 heteroatoms. The van der Waals surface area contributed by atoms with Gasteiger partial charge in [-0.15, -0.1) is 0 Å². The van der Waals surface area contributed by atoms with Crippen LogP contribution in [0, 0.1) is 6.92 Å². The molecule has 0 saturated heterocycles. The maximum absolute atomic E-state index is 11.1. The Morgan fingerprint density at radius 3 is 2.10 bits per heavy atom. The lowest BCUT2D eigenvalue weighted by atomic mass is 9.85. The van der Waals surface area contributed by atoms with Crippen molar-refractivity contribution in [3.05, 3.63) is 65.2 Å². The van der Waals surface area contributed by atoms with Gasteiger partial charge in [0.05, 0.1) is 6.10 Å². The van der Waals surface area contributed by atoms with E-state index < -0.39 is 5.60 Å². The lowest BCUT2D eigenvalue weighted by Gasteiger charge is -2.28. The van der Waals surface area contributed by atoms with Gasteiger partial charge in [0.1, 0.15) is 11.4 Å². The molecule has 0 amide bonds. The van der Waals surface area contributed by atoms with Crippen LogP contribution in [0.3, 0.4) is 0 Å². The van der Waals surface area contributed by atoms with E-state index in [4.69, 9.17) is 4.74 Å². The zero-order chi connectivity index (χ0) is 14.8. The predicted octanol–water partition coefficient (Wildman–Crippen LogP) is 4.04. The van der Waals surface area contributed by atoms with Crippen LogP contribution >= 0.6 is 0 Å². The van der Waals surface area contributed by atoms with Crippen LogP contribution in [-0.2, 0) is 5.60 Å². The normalized spacial score (nSPS) is 14.1. The summed E-state index contributed by atoms with van der Waals surface area (Å²) in [6.07, 6.45) is 0.0730. The molecule has 0 bridgehead atoms. The lowest BCUT2D eigenvalue weighted by molar-refractivity contribution is 0.0952. The molecule has 0 aromatic heterocycles. The van der Waals surface area contributed by atoms with Crippen LogP contribution in [0.5, 0.6) is 5.75 Å². The van der Waals surface area contributed by atoms with Gasteiger partial charge in [0.15, 0.2) is 0 Å². The number of aliphatic hydroxyl groups is 1. The highest BCUT2D eigenvalue weighted by atomic mass is 16.5. The van der Waals surface area contributed by atoms with Crippen LogP contribution < -0.4 is 4.74 Å².